The van der Waals surface area contributed by atoms with Crippen molar-refractivity contribution in [3.8, 4) is 0 Å². The standard InChI is InChI=1S/C16H21N3O2/c1-20-11-13(17)10-14-18-15(19-21-14)16(8-5-9-16)12-6-3-2-4-7-12/h2-4,6-7,13H,5,8-11,17H2,1H3. The minimum absolute atomic E-state index is 0.0750. The molecule has 2 aromatic rings. The van der Waals surface area contributed by atoms with Gasteiger partial charge in [-0.15, -0.1) is 0 Å². The Balaban J connectivity index is 1.81. The maximum Gasteiger partial charge on any atom is 0.228 e. The van der Waals surface area contributed by atoms with Crippen LogP contribution in [0.15, 0.2) is 34.9 Å². The fourth-order valence-electron chi connectivity index (χ4n) is 2.96. The van der Waals surface area contributed by atoms with E-state index in [-0.39, 0.29) is 11.5 Å². The lowest BCUT2D eigenvalue weighted by molar-refractivity contribution is 0.176. The fraction of sp³-hybridized carbons (Fsp3) is 0.500. The number of rotatable bonds is 6. The van der Waals surface area contributed by atoms with E-state index < -0.39 is 0 Å². The number of hydrogen-bond acceptors (Lipinski definition) is 5. The first-order valence-electron chi connectivity index (χ1n) is 7.38. The zero-order valence-corrected chi connectivity index (χ0v) is 12.3. The predicted octanol–water partition coefficient (Wildman–Crippen LogP) is 2.06. The van der Waals surface area contributed by atoms with Crippen LogP contribution in [0.5, 0.6) is 0 Å². The summed E-state index contributed by atoms with van der Waals surface area (Å²) in [4.78, 5) is 4.59. The summed E-state index contributed by atoms with van der Waals surface area (Å²) >= 11 is 0. The van der Waals surface area contributed by atoms with Crippen LogP contribution in [0.2, 0.25) is 0 Å². The molecular weight excluding hydrogens is 266 g/mol. The van der Waals surface area contributed by atoms with Crippen LogP contribution >= 0.6 is 0 Å². The van der Waals surface area contributed by atoms with Crippen molar-refractivity contribution in [2.45, 2.75) is 37.1 Å². The van der Waals surface area contributed by atoms with E-state index in [0.29, 0.717) is 18.9 Å². The normalized spacial score (nSPS) is 18.2. The number of nitrogens with zero attached hydrogens (tertiary/aromatic N) is 2. The van der Waals surface area contributed by atoms with Gasteiger partial charge in [0.1, 0.15) is 0 Å². The fourth-order valence-corrected chi connectivity index (χ4v) is 2.96. The van der Waals surface area contributed by atoms with E-state index in [1.807, 2.05) is 6.07 Å². The molecule has 0 bridgehead atoms. The summed E-state index contributed by atoms with van der Waals surface area (Å²) in [5, 5.41) is 4.22. The summed E-state index contributed by atoms with van der Waals surface area (Å²) in [6, 6.07) is 10.3. The summed E-state index contributed by atoms with van der Waals surface area (Å²) in [6.45, 7) is 0.488. The number of ether oxygens (including phenoxy) is 1. The molecule has 0 saturated heterocycles. The van der Waals surface area contributed by atoms with Crippen LogP contribution < -0.4 is 5.73 Å². The molecule has 1 heterocycles. The van der Waals surface area contributed by atoms with E-state index >= 15 is 0 Å². The second-order valence-electron chi connectivity index (χ2n) is 5.73. The largest absolute Gasteiger partial charge is 0.383 e. The molecule has 1 unspecified atom stereocenters. The topological polar surface area (TPSA) is 74.2 Å². The molecule has 3 rings (SSSR count). The second-order valence-corrected chi connectivity index (χ2v) is 5.73. The van der Waals surface area contributed by atoms with E-state index in [1.54, 1.807) is 7.11 Å². The molecule has 0 radical (unpaired) electrons. The smallest absolute Gasteiger partial charge is 0.228 e. The van der Waals surface area contributed by atoms with Gasteiger partial charge < -0.3 is 15.0 Å². The molecule has 1 saturated carbocycles. The van der Waals surface area contributed by atoms with E-state index in [0.717, 1.165) is 18.7 Å². The molecule has 0 amide bonds. The Morgan fingerprint density at radius 1 is 1.33 bits per heavy atom. The van der Waals surface area contributed by atoms with Gasteiger partial charge in [0.05, 0.1) is 12.0 Å². The van der Waals surface area contributed by atoms with Gasteiger partial charge in [-0.2, -0.15) is 4.98 Å². The third kappa shape index (κ3) is 2.71. The highest BCUT2D eigenvalue weighted by atomic mass is 16.5. The molecule has 0 spiro atoms. The molecule has 112 valence electrons. The molecule has 2 N–H and O–H groups in total. The van der Waals surface area contributed by atoms with Crippen LogP contribution in [0.3, 0.4) is 0 Å². The van der Waals surface area contributed by atoms with Crippen LogP contribution in [0.1, 0.15) is 36.5 Å². The van der Waals surface area contributed by atoms with E-state index in [4.69, 9.17) is 15.0 Å². The molecule has 0 aliphatic heterocycles. The van der Waals surface area contributed by atoms with Crippen molar-refractivity contribution >= 4 is 0 Å². The number of methoxy groups -OCH3 is 1. The van der Waals surface area contributed by atoms with Crippen LogP contribution in [0, 0.1) is 0 Å². The van der Waals surface area contributed by atoms with E-state index in [9.17, 15) is 0 Å². The molecule has 1 aliphatic rings. The molecule has 1 aromatic heterocycles. The Hall–Kier alpha value is -1.72. The van der Waals surface area contributed by atoms with Gasteiger partial charge >= 0.3 is 0 Å². The maximum atomic E-state index is 5.94. The monoisotopic (exact) mass is 287 g/mol. The Bertz CT molecular complexity index is 578. The Morgan fingerprint density at radius 3 is 2.71 bits per heavy atom. The summed E-state index contributed by atoms with van der Waals surface area (Å²) in [6.07, 6.45) is 3.88. The number of aromatic nitrogens is 2. The highest BCUT2D eigenvalue weighted by molar-refractivity contribution is 5.35. The number of benzene rings is 1. The minimum Gasteiger partial charge on any atom is -0.383 e. The highest BCUT2D eigenvalue weighted by Gasteiger charge is 2.44. The average molecular weight is 287 g/mol. The van der Waals surface area contributed by atoms with Gasteiger partial charge in [0.25, 0.3) is 0 Å². The van der Waals surface area contributed by atoms with Crippen LogP contribution in [-0.4, -0.2) is 29.9 Å². The van der Waals surface area contributed by atoms with Crippen LogP contribution in [0.25, 0.3) is 0 Å². The molecule has 1 fully saturated rings. The first kappa shape index (κ1) is 14.2. The summed E-state index contributed by atoms with van der Waals surface area (Å²) in [7, 11) is 1.64. The number of nitrogens with two attached hydrogens (primary N) is 1. The van der Waals surface area contributed by atoms with Crippen molar-refractivity contribution in [3.63, 3.8) is 0 Å². The Morgan fingerprint density at radius 2 is 2.10 bits per heavy atom. The molecule has 5 heteroatoms. The van der Waals surface area contributed by atoms with Crippen molar-refractivity contribution in [2.24, 2.45) is 5.73 Å². The Labute approximate surface area is 124 Å². The van der Waals surface area contributed by atoms with Crippen molar-refractivity contribution in [2.75, 3.05) is 13.7 Å². The minimum atomic E-state index is -0.114. The summed E-state index contributed by atoms with van der Waals surface area (Å²) in [5.41, 5.74) is 7.13. The predicted molar refractivity (Wildman–Crippen MR) is 78.9 cm³/mol. The van der Waals surface area contributed by atoms with E-state index in [2.05, 4.69) is 34.4 Å². The lowest BCUT2D eigenvalue weighted by Gasteiger charge is -2.39. The van der Waals surface area contributed by atoms with Crippen molar-refractivity contribution < 1.29 is 9.26 Å². The summed E-state index contributed by atoms with van der Waals surface area (Å²) < 4.78 is 10.4. The maximum absolute atomic E-state index is 5.94. The van der Waals surface area contributed by atoms with Crippen LogP contribution in [0.4, 0.5) is 0 Å². The first-order valence-corrected chi connectivity index (χ1v) is 7.38. The van der Waals surface area contributed by atoms with Gasteiger partial charge in [-0.3, -0.25) is 0 Å². The van der Waals surface area contributed by atoms with Gasteiger partial charge in [-0.25, -0.2) is 0 Å². The molecular formula is C16H21N3O2. The number of hydrogen-bond donors (Lipinski definition) is 1. The van der Waals surface area contributed by atoms with Gasteiger partial charge in [-0.1, -0.05) is 41.9 Å². The lowest BCUT2D eigenvalue weighted by atomic mass is 9.64. The molecule has 1 aliphatic carbocycles. The van der Waals surface area contributed by atoms with E-state index in [1.165, 1.54) is 12.0 Å². The van der Waals surface area contributed by atoms with Gasteiger partial charge in [-0.05, 0) is 18.4 Å². The van der Waals surface area contributed by atoms with Gasteiger partial charge in [0, 0.05) is 19.6 Å². The van der Waals surface area contributed by atoms with Gasteiger partial charge in [0.15, 0.2) is 5.82 Å². The quantitative estimate of drug-likeness (QED) is 0.880. The van der Waals surface area contributed by atoms with Gasteiger partial charge in [0.2, 0.25) is 5.89 Å². The van der Waals surface area contributed by atoms with Crippen molar-refractivity contribution in [3.05, 3.63) is 47.6 Å². The molecule has 21 heavy (non-hydrogen) atoms. The molecule has 1 aromatic carbocycles. The third-order valence-corrected chi connectivity index (χ3v) is 4.25. The van der Waals surface area contributed by atoms with Crippen molar-refractivity contribution in [1.29, 1.82) is 0 Å². The SMILES string of the molecule is COCC(N)Cc1nc(C2(c3ccccc3)CCC2)no1. The lowest BCUT2D eigenvalue weighted by Crippen LogP contribution is -2.36. The average Bonchev–Trinajstić information content (AvgIpc) is 2.87. The second kappa shape index (κ2) is 5.95. The Kier molecular flexibility index (Phi) is 4.03. The zero-order valence-electron chi connectivity index (χ0n) is 12.3. The zero-order chi connectivity index (χ0) is 14.7. The summed E-state index contributed by atoms with van der Waals surface area (Å²) in [5.74, 6) is 1.39. The van der Waals surface area contributed by atoms with Crippen LogP contribution in [-0.2, 0) is 16.6 Å². The third-order valence-electron chi connectivity index (χ3n) is 4.25. The molecule has 1 atom stereocenters. The first-order chi connectivity index (χ1) is 10.2. The molecule has 5 nitrogen and oxygen atoms in total. The highest BCUT2D eigenvalue weighted by Crippen LogP contribution is 2.47. The van der Waals surface area contributed by atoms with Crippen molar-refractivity contribution in [1.82, 2.24) is 10.1 Å².